The lowest BCUT2D eigenvalue weighted by atomic mass is 9.98. The molecular weight excluding hydrogens is 469 g/mol. The van der Waals surface area contributed by atoms with Crippen molar-refractivity contribution in [1.82, 2.24) is 15.1 Å². The number of rotatable bonds is 14. The lowest BCUT2D eigenvalue weighted by Gasteiger charge is -2.18. The van der Waals surface area contributed by atoms with Crippen LogP contribution in [0.25, 0.3) is 5.69 Å². The number of amides is 1. The van der Waals surface area contributed by atoms with Gasteiger partial charge in [0.1, 0.15) is 18.1 Å². The number of para-hydroxylation sites is 1. The third-order valence-corrected chi connectivity index (χ3v) is 5.29. The molecule has 2 N–H and O–H groups in total. The Labute approximate surface area is 208 Å². The van der Waals surface area contributed by atoms with Gasteiger partial charge in [0.2, 0.25) is 5.88 Å². The van der Waals surface area contributed by atoms with Crippen molar-refractivity contribution in [3.63, 3.8) is 0 Å². The first kappa shape index (κ1) is 26.8. The number of benzene rings is 2. The van der Waals surface area contributed by atoms with Crippen LogP contribution in [-0.2, 0) is 14.3 Å². The second-order valence-corrected chi connectivity index (χ2v) is 7.87. The summed E-state index contributed by atoms with van der Waals surface area (Å²) in [6.07, 6.45) is -0.312. The summed E-state index contributed by atoms with van der Waals surface area (Å²) in [5, 5.41) is 16.4. The van der Waals surface area contributed by atoms with E-state index in [1.54, 1.807) is 24.3 Å². The third kappa shape index (κ3) is 7.37. The van der Waals surface area contributed by atoms with Crippen molar-refractivity contribution in [2.45, 2.75) is 26.3 Å². The van der Waals surface area contributed by atoms with Crippen molar-refractivity contribution in [3.05, 3.63) is 77.2 Å². The average Bonchev–Trinajstić information content (AvgIpc) is 3.27. The van der Waals surface area contributed by atoms with Crippen LogP contribution in [0.1, 0.15) is 41.0 Å². The number of carbonyl (C=O) groups excluding carboxylic acids is 1. The van der Waals surface area contributed by atoms with Gasteiger partial charge in [0, 0.05) is 12.7 Å². The van der Waals surface area contributed by atoms with Crippen LogP contribution in [-0.4, -0.2) is 59.8 Å². The number of hydrogen-bond acceptors (Lipinski definition) is 6. The highest BCUT2D eigenvalue weighted by Crippen LogP contribution is 2.24. The molecule has 9 nitrogen and oxygen atoms in total. The molecular formula is C26H30FN3O6. The molecule has 0 saturated carbocycles. The van der Waals surface area contributed by atoms with E-state index >= 15 is 0 Å². The summed E-state index contributed by atoms with van der Waals surface area (Å²) in [5.74, 6) is -2.08. The second kappa shape index (κ2) is 13.4. The van der Waals surface area contributed by atoms with Crippen LogP contribution in [0.15, 0.2) is 54.6 Å². The number of nitrogens with one attached hydrogen (secondary N) is 1. The van der Waals surface area contributed by atoms with Crippen molar-refractivity contribution in [2.24, 2.45) is 0 Å². The van der Waals surface area contributed by atoms with Gasteiger partial charge in [-0.3, -0.25) is 9.59 Å². The molecule has 192 valence electrons. The van der Waals surface area contributed by atoms with Crippen molar-refractivity contribution in [1.29, 1.82) is 0 Å². The fourth-order valence-electron chi connectivity index (χ4n) is 3.57. The first-order chi connectivity index (χ1) is 17.4. The normalized spacial score (nSPS) is 11.8. The zero-order chi connectivity index (χ0) is 25.9. The molecule has 0 fully saturated rings. The lowest BCUT2D eigenvalue weighted by molar-refractivity contribution is -0.137. The van der Waals surface area contributed by atoms with Gasteiger partial charge < -0.3 is 24.6 Å². The molecule has 36 heavy (non-hydrogen) atoms. The summed E-state index contributed by atoms with van der Waals surface area (Å²) in [7, 11) is 0. The van der Waals surface area contributed by atoms with E-state index in [2.05, 4.69) is 10.4 Å². The molecule has 2 aromatic carbocycles. The van der Waals surface area contributed by atoms with Crippen molar-refractivity contribution < 1.29 is 33.3 Å². The van der Waals surface area contributed by atoms with E-state index in [9.17, 15) is 19.1 Å². The molecule has 0 unspecified atom stereocenters. The first-order valence-corrected chi connectivity index (χ1v) is 11.6. The Morgan fingerprint density at radius 1 is 1.06 bits per heavy atom. The van der Waals surface area contributed by atoms with E-state index in [0.717, 1.165) is 5.56 Å². The SMILES string of the molecule is CCOCCOCCOc1cc(C(=O)N[C@@H](CC(=O)O)c2ccccc2C)nn1-c1ccccc1F. The maximum Gasteiger partial charge on any atom is 0.305 e. The van der Waals surface area contributed by atoms with Crippen LogP contribution >= 0.6 is 0 Å². The van der Waals surface area contributed by atoms with Gasteiger partial charge in [0.15, 0.2) is 5.69 Å². The zero-order valence-corrected chi connectivity index (χ0v) is 20.3. The number of carboxylic acids is 1. The van der Waals surface area contributed by atoms with E-state index in [-0.39, 0.29) is 36.9 Å². The van der Waals surface area contributed by atoms with Gasteiger partial charge in [-0.2, -0.15) is 9.78 Å². The number of aromatic nitrogens is 2. The van der Waals surface area contributed by atoms with Crippen LogP contribution < -0.4 is 10.1 Å². The van der Waals surface area contributed by atoms with Gasteiger partial charge in [-0.1, -0.05) is 36.4 Å². The molecule has 0 spiro atoms. The number of nitrogens with zero attached hydrogens (tertiary/aromatic N) is 2. The summed E-state index contributed by atoms with van der Waals surface area (Å²) in [6, 6.07) is 13.8. The zero-order valence-electron chi connectivity index (χ0n) is 20.3. The number of ether oxygens (including phenoxy) is 3. The van der Waals surface area contributed by atoms with Gasteiger partial charge in [-0.05, 0) is 37.1 Å². The van der Waals surface area contributed by atoms with Crippen molar-refractivity contribution >= 4 is 11.9 Å². The quantitative estimate of drug-likeness (QED) is 0.325. The minimum Gasteiger partial charge on any atom is -0.481 e. The van der Waals surface area contributed by atoms with Crippen molar-refractivity contribution in [2.75, 3.05) is 33.0 Å². The summed E-state index contributed by atoms with van der Waals surface area (Å²) >= 11 is 0. The third-order valence-electron chi connectivity index (χ3n) is 5.29. The van der Waals surface area contributed by atoms with E-state index < -0.39 is 23.7 Å². The van der Waals surface area contributed by atoms with Crippen LogP contribution in [0.5, 0.6) is 5.88 Å². The number of carbonyl (C=O) groups is 2. The first-order valence-electron chi connectivity index (χ1n) is 11.6. The Bertz CT molecular complexity index is 1170. The molecule has 0 radical (unpaired) electrons. The average molecular weight is 500 g/mol. The van der Waals surface area contributed by atoms with Crippen LogP contribution in [0, 0.1) is 12.7 Å². The van der Waals surface area contributed by atoms with Crippen LogP contribution in [0.2, 0.25) is 0 Å². The molecule has 1 aromatic heterocycles. The fourth-order valence-corrected chi connectivity index (χ4v) is 3.57. The molecule has 0 bridgehead atoms. The number of carboxylic acid groups (broad SMARTS) is 1. The molecule has 0 aliphatic carbocycles. The highest BCUT2D eigenvalue weighted by molar-refractivity contribution is 5.93. The topological polar surface area (TPSA) is 112 Å². The monoisotopic (exact) mass is 499 g/mol. The summed E-state index contributed by atoms with van der Waals surface area (Å²) in [4.78, 5) is 24.6. The molecule has 1 amide bonds. The number of aliphatic carboxylic acids is 1. The van der Waals surface area contributed by atoms with Crippen molar-refractivity contribution in [3.8, 4) is 11.6 Å². The summed E-state index contributed by atoms with van der Waals surface area (Å²) in [5.41, 5.74) is 1.58. The molecule has 0 aliphatic rings. The molecule has 3 aromatic rings. The predicted octanol–water partition coefficient (Wildman–Crippen LogP) is 3.70. The predicted molar refractivity (Wildman–Crippen MR) is 130 cm³/mol. The maximum atomic E-state index is 14.5. The Morgan fingerprint density at radius 2 is 1.75 bits per heavy atom. The van der Waals surface area contributed by atoms with Crippen LogP contribution in [0.3, 0.4) is 0 Å². The summed E-state index contributed by atoms with van der Waals surface area (Å²) < 4.78 is 32.1. The van der Waals surface area contributed by atoms with Gasteiger partial charge in [0.05, 0.1) is 32.3 Å². The highest BCUT2D eigenvalue weighted by Gasteiger charge is 2.24. The minimum absolute atomic E-state index is 0.0468. The van der Waals surface area contributed by atoms with E-state index in [1.807, 2.05) is 26.0 Å². The Kier molecular flexibility index (Phi) is 9.96. The summed E-state index contributed by atoms with van der Waals surface area (Å²) in [6.45, 7) is 5.60. The van der Waals surface area contributed by atoms with E-state index in [4.69, 9.17) is 14.2 Å². The standard InChI is InChI=1S/C26H30FN3O6/c1-3-34-12-13-35-14-15-36-24-16-22(29-30(24)23-11-7-6-10-20(23)27)26(33)28-21(17-25(31)32)19-9-5-4-8-18(19)2/h4-11,16,21H,3,12-15,17H2,1-2H3,(H,28,33)(H,31,32)/t21-/m0/s1. The number of halogens is 1. The lowest BCUT2D eigenvalue weighted by Crippen LogP contribution is -2.31. The van der Waals surface area contributed by atoms with Crippen LogP contribution in [0.4, 0.5) is 4.39 Å². The van der Waals surface area contributed by atoms with Gasteiger partial charge >= 0.3 is 5.97 Å². The molecule has 1 heterocycles. The minimum atomic E-state index is -1.06. The van der Waals surface area contributed by atoms with Gasteiger partial charge in [0.25, 0.3) is 5.91 Å². The Morgan fingerprint density at radius 3 is 2.47 bits per heavy atom. The Hall–Kier alpha value is -3.76. The number of hydrogen-bond donors (Lipinski definition) is 2. The van der Waals surface area contributed by atoms with Gasteiger partial charge in [-0.25, -0.2) is 4.39 Å². The molecule has 3 rings (SSSR count). The second-order valence-electron chi connectivity index (χ2n) is 7.87. The number of aryl methyl sites for hydroxylation is 1. The van der Waals surface area contributed by atoms with E-state index in [1.165, 1.54) is 22.9 Å². The smallest absolute Gasteiger partial charge is 0.305 e. The maximum absolute atomic E-state index is 14.5. The largest absolute Gasteiger partial charge is 0.481 e. The fraction of sp³-hybridized carbons (Fsp3) is 0.346. The molecule has 0 aliphatic heterocycles. The molecule has 10 heteroatoms. The van der Waals surface area contributed by atoms with E-state index in [0.29, 0.717) is 25.4 Å². The van der Waals surface area contributed by atoms with Gasteiger partial charge in [-0.15, -0.1) is 0 Å². The molecule has 0 saturated heterocycles. The highest BCUT2D eigenvalue weighted by atomic mass is 19.1. The Balaban J connectivity index is 1.80. The molecule has 1 atom stereocenters.